The molecule has 0 aromatic rings. The number of allylic oxidation sites excluding steroid dienone is 13. The van der Waals surface area contributed by atoms with Crippen molar-refractivity contribution in [3.63, 3.8) is 0 Å². The average Bonchev–Trinajstić information content (AvgIpc) is 3.04. The van der Waals surface area contributed by atoms with Crippen LogP contribution in [0, 0.1) is 0 Å². The van der Waals surface area contributed by atoms with Gasteiger partial charge in [-0.15, -0.1) is 0 Å². The standard InChI is InChI=1S/C41H69NO3/c1-3-5-7-9-11-13-15-17-19-20-21-22-23-25-27-29-31-33-35-37-41(45)42-39(38-43)40(44)36-34-32-30-28-26-24-18-16-14-12-10-8-6-4-2/h5,7,11,13,17,19,21-22,25,27,31,33-34,36,39-40,43-44H,3-4,6,8-10,12,14-16,18,20,23-24,26,28-30,32,35,37-38H2,1-2H3,(H,42,45)/b7-5-,13-11-,19-17-,22-21-,27-25-,33-31-,36-34+. The Bertz CT molecular complexity index is 849. The maximum absolute atomic E-state index is 12.3. The Labute approximate surface area is 278 Å². The molecule has 45 heavy (non-hydrogen) atoms. The molecule has 0 aromatic heterocycles. The van der Waals surface area contributed by atoms with E-state index in [1.165, 1.54) is 70.6 Å². The predicted octanol–water partition coefficient (Wildman–Crippen LogP) is 10.9. The fourth-order valence-corrected chi connectivity index (χ4v) is 4.84. The minimum Gasteiger partial charge on any atom is -0.394 e. The lowest BCUT2D eigenvalue weighted by atomic mass is 10.0. The van der Waals surface area contributed by atoms with Gasteiger partial charge in [-0.05, 0) is 57.8 Å². The summed E-state index contributed by atoms with van der Waals surface area (Å²) in [6.07, 6.45) is 52.4. The molecule has 256 valence electrons. The maximum atomic E-state index is 12.3. The Morgan fingerprint density at radius 2 is 0.978 bits per heavy atom. The number of nitrogens with one attached hydrogen (secondary N) is 1. The number of hydrogen-bond acceptors (Lipinski definition) is 3. The molecule has 0 aromatic carbocycles. The number of carbonyl (C=O) groups is 1. The van der Waals surface area contributed by atoms with Gasteiger partial charge in [-0.3, -0.25) is 4.79 Å². The van der Waals surface area contributed by atoms with E-state index in [1.54, 1.807) is 6.08 Å². The van der Waals surface area contributed by atoms with Crippen molar-refractivity contribution in [2.75, 3.05) is 6.61 Å². The fraction of sp³-hybridized carbons (Fsp3) is 0.634. The normalized spacial score (nSPS) is 14.1. The Hall–Kier alpha value is -2.43. The van der Waals surface area contributed by atoms with Crippen LogP contribution >= 0.6 is 0 Å². The van der Waals surface area contributed by atoms with Crippen molar-refractivity contribution >= 4 is 5.91 Å². The first-order chi connectivity index (χ1) is 22.2. The van der Waals surface area contributed by atoms with Gasteiger partial charge < -0.3 is 15.5 Å². The Balaban J connectivity index is 3.83. The van der Waals surface area contributed by atoms with Gasteiger partial charge in [0.1, 0.15) is 0 Å². The highest BCUT2D eigenvalue weighted by Gasteiger charge is 2.17. The van der Waals surface area contributed by atoms with Crippen molar-refractivity contribution in [3.8, 4) is 0 Å². The molecule has 4 nitrogen and oxygen atoms in total. The first-order valence-electron chi connectivity index (χ1n) is 18.3. The summed E-state index contributed by atoms with van der Waals surface area (Å²) in [7, 11) is 0. The van der Waals surface area contributed by atoms with Gasteiger partial charge in [-0.25, -0.2) is 0 Å². The van der Waals surface area contributed by atoms with Gasteiger partial charge in [0, 0.05) is 6.42 Å². The molecule has 0 rings (SSSR count). The molecular weight excluding hydrogens is 554 g/mol. The molecule has 0 saturated heterocycles. The van der Waals surface area contributed by atoms with Crippen LogP contribution in [0.5, 0.6) is 0 Å². The summed E-state index contributed by atoms with van der Waals surface area (Å²) >= 11 is 0. The summed E-state index contributed by atoms with van der Waals surface area (Å²) in [5.41, 5.74) is 0. The van der Waals surface area contributed by atoms with Crippen molar-refractivity contribution < 1.29 is 15.0 Å². The molecule has 2 atom stereocenters. The van der Waals surface area contributed by atoms with E-state index in [1.807, 2.05) is 12.2 Å². The number of rotatable bonds is 31. The van der Waals surface area contributed by atoms with E-state index in [0.717, 1.165) is 51.4 Å². The number of aliphatic hydroxyl groups excluding tert-OH is 2. The smallest absolute Gasteiger partial charge is 0.220 e. The third-order valence-corrected chi connectivity index (χ3v) is 7.65. The first kappa shape index (κ1) is 42.6. The van der Waals surface area contributed by atoms with Gasteiger partial charge in [0.15, 0.2) is 0 Å². The molecular formula is C41H69NO3. The van der Waals surface area contributed by atoms with Crippen molar-refractivity contribution in [1.29, 1.82) is 0 Å². The highest BCUT2D eigenvalue weighted by atomic mass is 16.3. The predicted molar refractivity (Wildman–Crippen MR) is 197 cm³/mol. The minimum absolute atomic E-state index is 0.151. The quantitative estimate of drug-likeness (QED) is 0.0531. The monoisotopic (exact) mass is 624 g/mol. The Morgan fingerprint density at radius 3 is 1.42 bits per heavy atom. The molecule has 4 heteroatoms. The number of aliphatic hydroxyl groups is 2. The molecule has 0 aliphatic carbocycles. The lowest BCUT2D eigenvalue weighted by Gasteiger charge is -2.19. The topological polar surface area (TPSA) is 69.6 Å². The van der Waals surface area contributed by atoms with Crippen LogP contribution in [0.15, 0.2) is 85.1 Å². The maximum Gasteiger partial charge on any atom is 0.220 e. The second-order valence-corrected chi connectivity index (χ2v) is 11.9. The van der Waals surface area contributed by atoms with Gasteiger partial charge in [0.05, 0.1) is 18.8 Å². The summed E-state index contributed by atoms with van der Waals surface area (Å²) < 4.78 is 0. The van der Waals surface area contributed by atoms with Gasteiger partial charge in [-0.2, -0.15) is 0 Å². The van der Waals surface area contributed by atoms with E-state index in [0.29, 0.717) is 12.8 Å². The third kappa shape index (κ3) is 32.8. The Morgan fingerprint density at radius 1 is 0.556 bits per heavy atom. The number of amides is 1. The van der Waals surface area contributed by atoms with E-state index in [-0.39, 0.29) is 12.5 Å². The zero-order valence-electron chi connectivity index (χ0n) is 29.1. The van der Waals surface area contributed by atoms with E-state index in [4.69, 9.17) is 0 Å². The van der Waals surface area contributed by atoms with Gasteiger partial charge >= 0.3 is 0 Å². The summed E-state index contributed by atoms with van der Waals surface area (Å²) in [5, 5.41) is 22.8. The molecule has 0 bridgehead atoms. The van der Waals surface area contributed by atoms with Gasteiger partial charge in [0.25, 0.3) is 0 Å². The Kier molecular flexibility index (Phi) is 34.1. The van der Waals surface area contributed by atoms with Crippen LogP contribution in [-0.2, 0) is 4.79 Å². The number of hydrogen-bond donors (Lipinski definition) is 3. The van der Waals surface area contributed by atoms with Crippen LogP contribution in [-0.4, -0.2) is 34.9 Å². The van der Waals surface area contributed by atoms with Gasteiger partial charge in [-0.1, -0.05) is 170 Å². The number of unbranched alkanes of at least 4 members (excludes halogenated alkanes) is 12. The van der Waals surface area contributed by atoms with Crippen LogP contribution in [0.25, 0.3) is 0 Å². The molecule has 0 aliphatic rings. The lowest BCUT2D eigenvalue weighted by molar-refractivity contribution is -0.122. The van der Waals surface area contributed by atoms with Crippen molar-refractivity contribution in [2.45, 2.75) is 161 Å². The summed E-state index contributed by atoms with van der Waals surface area (Å²) in [6.45, 7) is 4.13. The molecule has 0 heterocycles. The van der Waals surface area contributed by atoms with Crippen molar-refractivity contribution in [3.05, 3.63) is 85.1 Å². The zero-order valence-corrected chi connectivity index (χ0v) is 29.1. The SMILES string of the molecule is CC/C=C\C/C=C\C/C=C\C/C=C\C/C=C\C/C=C\CCC(=O)NC(CO)C(O)/C=C/CCCCCCCCCCCCCC. The molecule has 2 unspecified atom stereocenters. The molecule has 1 amide bonds. The summed E-state index contributed by atoms with van der Waals surface area (Å²) in [5.74, 6) is -0.151. The molecule has 0 aliphatic heterocycles. The van der Waals surface area contributed by atoms with E-state index in [2.05, 4.69) is 86.0 Å². The van der Waals surface area contributed by atoms with Crippen LogP contribution in [0.1, 0.15) is 149 Å². The number of carbonyl (C=O) groups excluding carboxylic acids is 1. The first-order valence-corrected chi connectivity index (χ1v) is 18.3. The minimum atomic E-state index is -0.873. The van der Waals surface area contributed by atoms with E-state index in [9.17, 15) is 15.0 Å². The van der Waals surface area contributed by atoms with Gasteiger partial charge in [0.2, 0.25) is 5.91 Å². The summed E-state index contributed by atoms with van der Waals surface area (Å²) in [6, 6.07) is -0.666. The van der Waals surface area contributed by atoms with Crippen molar-refractivity contribution in [2.24, 2.45) is 0 Å². The largest absolute Gasteiger partial charge is 0.394 e. The molecule has 0 fully saturated rings. The third-order valence-electron chi connectivity index (χ3n) is 7.65. The molecule has 0 radical (unpaired) electrons. The van der Waals surface area contributed by atoms with Crippen LogP contribution in [0.4, 0.5) is 0 Å². The van der Waals surface area contributed by atoms with Crippen LogP contribution in [0.3, 0.4) is 0 Å². The average molecular weight is 624 g/mol. The van der Waals surface area contributed by atoms with E-state index >= 15 is 0 Å². The highest BCUT2D eigenvalue weighted by Crippen LogP contribution is 2.13. The molecule has 0 spiro atoms. The van der Waals surface area contributed by atoms with E-state index < -0.39 is 12.1 Å². The lowest BCUT2D eigenvalue weighted by Crippen LogP contribution is -2.45. The van der Waals surface area contributed by atoms with Crippen LogP contribution in [0.2, 0.25) is 0 Å². The molecule has 0 saturated carbocycles. The van der Waals surface area contributed by atoms with Crippen LogP contribution < -0.4 is 5.32 Å². The summed E-state index contributed by atoms with van der Waals surface area (Å²) in [4.78, 5) is 12.3. The molecule has 3 N–H and O–H groups in total. The van der Waals surface area contributed by atoms with Crippen molar-refractivity contribution in [1.82, 2.24) is 5.32 Å². The second-order valence-electron chi connectivity index (χ2n) is 11.9. The zero-order chi connectivity index (χ0) is 32.9. The highest BCUT2D eigenvalue weighted by molar-refractivity contribution is 5.76. The fourth-order valence-electron chi connectivity index (χ4n) is 4.84. The second kappa shape index (κ2) is 36.0.